The largest absolute Gasteiger partial charge is 0.476 e. The Labute approximate surface area is 153 Å². The van der Waals surface area contributed by atoms with E-state index in [9.17, 15) is 14.9 Å². The van der Waals surface area contributed by atoms with Gasteiger partial charge in [0.1, 0.15) is 11.2 Å². The van der Waals surface area contributed by atoms with Crippen LogP contribution in [0.4, 0.5) is 5.82 Å². The minimum absolute atomic E-state index is 0.0353. The molecular formula is C17H16N4O4S. The number of rotatable bonds is 6. The molecule has 0 saturated heterocycles. The van der Waals surface area contributed by atoms with Crippen LogP contribution < -0.4 is 4.74 Å². The molecule has 0 saturated carbocycles. The molecule has 1 aromatic carbocycles. The Kier molecular flexibility index (Phi) is 5.08. The van der Waals surface area contributed by atoms with E-state index in [-0.39, 0.29) is 24.3 Å². The first kappa shape index (κ1) is 17.7. The SMILES string of the molecule is CC(c1nc2ccccc2s1)N(C)C(=O)COc1cccnc1[N+](=O)[O-]. The van der Waals surface area contributed by atoms with Crippen molar-refractivity contribution in [2.24, 2.45) is 0 Å². The van der Waals surface area contributed by atoms with Crippen molar-refractivity contribution in [1.82, 2.24) is 14.9 Å². The molecule has 0 aliphatic rings. The quantitative estimate of drug-likeness (QED) is 0.487. The summed E-state index contributed by atoms with van der Waals surface area (Å²) in [6.45, 7) is 1.56. The fraction of sp³-hybridized carbons (Fsp3) is 0.235. The Morgan fingerprint density at radius 3 is 2.85 bits per heavy atom. The van der Waals surface area contributed by atoms with Crippen LogP contribution in [0.1, 0.15) is 18.0 Å². The number of benzene rings is 1. The number of para-hydroxylation sites is 1. The number of ether oxygens (including phenoxy) is 1. The minimum atomic E-state index is -0.646. The molecule has 3 aromatic rings. The number of likely N-dealkylation sites (N-methyl/N-ethyl adjacent to an activating group) is 1. The maximum Gasteiger partial charge on any atom is 0.406 e. The number of amides is 1. The number of carbonyl (C=O) groups excluding carboxylic acids is 1. The molecule has 2 aromatic heterocycles. The normalized spacial score (nSPS) is 11.9. The first-order valence-electron chi connectivity index (χ1n) is 7.80. The summed E-state index contributed by atoms with van der Waals surface area (Å²) in [6, 6.07) is 10.4. The van der Waals surface area contributed by atoms with E-state index >= 15 is 0 Å². The van der Waals surface area contributed by atoms with Crippen molar-refractivity contribution >= 4 is 33.3 Å². The molecule has 0 aliphatic heterocycles. The molecule has 9 heteroatoms. The van der Waals surface area contributed by atoms with Crippen LogP contribution in [0, 0.1) is 10.1 Å². The molecular weight excluding hydrogens is 356 g/mol. The van der Waals surface area contributed by atoms with Gasteiger partial charge in [-0.25, -0.2) is 4.98 Å². The van der Waals surface area contributed by atoms with Gasteiger partial charge < -0.3 is 19.8 Å². The Balaban J connectivity index is 1.68. The Hall–Kier alpha value is -3.07. The summed E-state index contributed by atoms with van der Waals surface area (Å²) >= 11 is 1.53. The van der Waals surface area contributed by atoms with Gasteiger partial charge in [-0.05, 0) is 41.1 Å². The highest BCUT2D eigenvalue weighted by Crippen LogP contribution is 2.29. The maximum absolute atomic E-state index is 12.4. The van der Waals surface area contributed by atoms with E-state index in [1.54, 1.807) is 7.05 Å². The summed E-state index contributed by atoms with van der Waals surface area (Å²) in [7, 11) is 1.65. The van der Waals surface area contributed by atoms with Crippen LogP contribution in [-0.2, 0) is 4.79 Å². The molecule has 0 bridgehead atoms. The third-order valence-corrected chi connectivity index (χ3v) is 5.12. The standard InChI is InChI=1S/C17H16N4O4S/c1-11(17-19-12-6-3-4-8-14(12)26-17)20(2)15(22)10-25-13-7-5-9-18-16(13)21(23)24/h3-9,11H,10H2,1-2H3. The van der Waals surface area contributed by atoms with Crippen LogP contribution in [0.15, 0.2) is 42.6 Å². The second-order valence-corrected chi connectivity index (χ2v) is 6.63. The summed E-state index contributed by atoms with van der Waals surface area (Å²) < 4.78 is 6.37. The van der Waals surface area contributed by atoms with Gasteiger partial charge in [0.25, 0.3) is 5.91 Å². The van der Waals surface area contributed by atoms with Crippen LogP contribution in [0.3, 0.4) is 0 Å². The van der Waals surface area contributed by atoms with Crippen LogP contribution in [-0.4, -0.2) is 39.4 Å². The summed E-state index contributed by atoms with van der Waals surface area (Å²) in [5.74, 6) is -0.760. The fourth-order valence-electron chi connectivity index (χ4n) is 2.32. The van der Waals surface area contributed by atoms with Crippen LogP contribution in [0.2, 0.25) is 0 Å². The lowest BCUT2D eigenvalue weighted by Crippen LogP contribution is -2.33. The minimum Gasteiger partial charge on any atom is -0.476 e. The highest BCUT2D eigenvalue weighted by Gasteiger charge is 2.23. The Bertz CT molecular complexity index is 926. The molecule has 2 heterocycles. The third-order valence-electron chi connectivity index (χ3n) is 3.92. The van der Waals surface area contributed by atoms with Gasteiger partial charge in [-0.3, -0.25) is 4.79 Å². The van der Waals surface area contributed by atoms with Crippen molar-refractivity contribution in [3.63, 3.8) is 0 Å². The van der Waals surface area contributed by atoms with Crippen molar-refractivity contribution in [3.05, 3.63) is 57.7 Å². The van der Waals surface area contributed by atoms with Crippen LogP contribution in [0.5, 0.6) is 5.75 Å². The third kappa shape index (κ3) is 3.62. The zero-order chi connectivity index (χ0) is 18.7. The summed E-state index contributed by atoms with van der Waals surface area (Å²) in [4.78, 5) is 32.4. The molecule has 1 amide bonds. The van der Waals surface area contributed by atoms with Crippen molar-refractivity contribution in [2.45, 2.75) is 13.0 Å². The van der Waals surface area contributed by atoms with Crippen LogP contribution in [0.25, 0.3) is 10.2 Å². The van der Waals surface area contributed by atoms with Gasteiger partial charge in [-0.15, -0.1) is 11.3 Å². The summed E-state index contributed by atoms with van der Waals surface area (Å²) in [5.41, 5.74) is 0.891. The number of carbonyl (C=O) groups is 1. The van der Waals surface area contributed by atoms with Gasteiger partial charge in [-0.1, -0.05) is 12.1 Å². The molecule has 0 N–H and O–H groups in total. The molecule has 8 nitrogen and oxygen atoms in total. The van der Waals surface area contributed by atoms with E-state index in [2.05, 4.69) is 9.97 Å². The number of nitrogens with zero attached hydrogens (tertiary/aromatic N) is 4. The van der Waals surface area contributed by atoms with Crippen molar-refractivity contribution < 1.29 is 14.5 Å². The molecule has 134 valence electrons. The van der Waals surface area contributed by atoms with Gasteiger partial charge in [-0.2, -0.15) is 0 Å². The molecule has 26 heavy (non-hydrogen) atoms. The molecule has 0 spiro atoms. The van der Waals surface area contributed by atoms with Crippen molar-refractivity contribution in [3.8, 4) is 5.75 Å². The van der Waals surface area contributed by atoms with Crippen LogP contribution >= 0.6 is 11.3 Å². The molecule has 0 aliphatic carbocycles. The summed E-state index contributed by atoms with van der Waals surface area (Å²) in [6.07, 6.45) is 1.30. The summed E-state index contributed by atoms with van der Waals surface area (Å²) in [5, 5.41) is 11.8. The van der Waals surface area contributed by atoms with E-state index in [0.717, 1.165) is 15.2 Å². The average molecular weight is 372 g/mol. The maximum atomic E-state index is 12.4. The number of thiazole rings is 1. The van der Waals surface area contributed by atoms with Gasteiger partial charge in [0.15, 0.2) is 6.61 Å². The predicted octanol–water partition coefficient (Wildman–Crippen LogP) is 3.20. The first-order chi connectivity index (χ1) is 12.5. The smallest absolute Gasteiger partial charge is 0.406 e. The zero-order valence-corrected chi connectivity index (χ0v) is 15.0. The number of fused-ring (bicyclic) bond motifs is 1. The lowest BCUT2D eigenvalue weighted by Gasteiger charge is -2.23. The van der Waals surface area contributed by atoms with E-state index in [4.69, 9.17) is 4.74 Å². The van der Waals surface area contributed by atoms with Gasteiger partial charge in [0.2, 0.25) is 5.75 Å². The monoisotopic (exact) mass is 372 g/mol. The molecule has 1 unspecified atom stereocenters. The average Bonchev–Trinajstić information content (AvgIpc) is 3.09. The number of nitro groups is 1. The van der Waals surface area contributed by atoms with E-state index in [1.807, 2.05) is 31.2 Å². The van der Waals surface area contributed by atoms with Crippen molar-refractivity contribution in [1.29, 1.82) is 0 Å². The molecule has 0 fully saturated rings. The molecule has 0 radical (unpaired) electrons. The first-order valence-corrected chi connectivity index (χ1v) is 8.62. The number of hydrogen-bond acceptors (Lipinski definition) is 7. The molecule has 3 rings (SSSR count). The van der Waals surface area contributed by atoms with Gasteiger partial charge in [0.05, 0.1) is 16.3 Å². The second-order valence-electron chi connectivity index (χ2n) is 5.57. The Morgan fingerprint density at radius 1 is 1.35 bits per heavy atom. The highest BCUT2D eigenvalue weighted by molar-refractivity contribution is 7.18. The van der Waals surface area contributed by atoms with Crippen molar-refractivity contribution in [2.75, 3.05) is 13.7 Å². The zero-order valence-electron chi connectivity index (χ0n) is 14.2. The predicted molar refractivity (Wildman–Crippen MR) is 97.2 cm³/mol. The second kappa shape index (κ2) is 7.44. The number of pyridine rings is 1. The molecule has 1 atom stereocenters. The van der Waals surface area contributed by atoms with E-state index in [1.165, 1.54) is 34.6 Å². The fourth-order valence-corrected chi connectivity index (χ4v) is 3.39. The lowest BCUT2D eigenvalue weighted by atomic mass is 10.3. The van der Waals surface area contributed by atoms with Gasteiger partial charge >= 0.3 is 5.82 Å². The van der Waals surface area contributed by atoms with Gasteiger partial charge in [0, 0.05) is 7.05 Å². The number of hydrogen-bond donors (Lipinski definition) is 0. The topological polar surface area (TPSA) is 98.5 Å². The van der Waals surface area contributed by atoms with E-state index < -0.39 is 10.7 Å². The number of aromatic nitrogens is 2. The lowest BCUT2D eigenvalue weighted by molar-refractivity contribution is -0.390. The Morgan fingerprint density at radius 2 is 2.12 bits per heavy atom. The van der Waals surface area contributed by atoms with E-state index in [0.29, 0.717) is 0 Å². The highest BCUT2D eigenvalue weighted by atomic mass is 32.1.